The molecule has 0 bridgehead atoms. The van der Waals surface area contributed by atoms with E-state index in [2.05, 4.69) is 6.58 Å². The zero-order chi connectivity index (χ0) is 13.3. The van der Waals surface area contributed by atoms with Crippen molar-refractivity contribution in [3.8, 4) is 11.5 Å². The normalized spacial score (nSPS) is 9.89. The lowest BCUT2D eigenvalue weighted by molar-refractivity contribution is 0.302. The zero-order valence-corrected chi connectivity index (χ0v) is 10.9. The van der Waals surface area contributed by atoms with E-state index in [1.165, 1.54) is 0 Å². The molecule has 0 unspecified atom stereocenters. The first-order valence-corrected chi connectivity index (χ1v) is 6.39. The molecule has 0 aliphatic carbocycles. The van der Waals surface area contributed by atoms with Gasteiger partial charge in [-0.05, 0) is 36.2 Å². The van der Waals surface area contributed by atoms with Crippen molar-refractivity contribution in [2.75, 3.05) is 6.61 Å². The third kappa shape index (κ3) is 4.51. The topological polar surface area (TPSA) is 18.5 Å². The highest BCUT2D eigenvalue weighted by atomic mass is 16.5. The van der Waals surface area contributed by atoms with Gasteiger partial charge in [0, 0.05) is 0 Å². The van der Waals surface area contributed by atoms with Gasteiger partial charge in [-0.1, -0.05) is 36.4 Å². The summed E-state index contributed by atoms with van der Waals surface area (Å²) >= 11 is 0. The van der Waals surface area contributed by atoms with Crippen LogP contribution in [0.2, 0.25) is 0 Å². The van der Waals surface area contributed by atoms with Crippen LogP contribution in [0, 0.1) is 0 Å². The molecule has 0 aromatic heterocycles. The fourth-order valence-electron chi connectivity index (χ4n) is 1.63. The summed E-state index contributed by atoms with van der Waals surface area (Å²) in [5.74, 6) is 1.70. The lowest BCUT2D eigenvalue weighted by Gasteiger charge is -2.08. The van der Waals surface area contributed by atoms with E-state index in [4.69, 9.17) is 9.47 Å². The number of hydrogen-bond donors (Lipinski definition) is 0. The largest absolute Gasteiger partial charge is 0.493 e. The molecular formula is C17H18O2. The third-order valence-electron chi connectivity index (χ3n) is 2.66. The van der Waals surface area contributed by atoms with E-state index < -0.39 is 0 Å². The summed E-state index contributed by atoms with van der Waals surface area (Å²) in [6, 6.07) is 17.8. The molecule has 2 heteroatoms. The molecule has 2 nitrogen and oxygen atoms in total. The maximum Gasteiger partial charge on any atom is 0.120 e. The smallest absolute Gasteiger partial charge is 0.120 e. The molecule has 0 fully saturated rings. The minimum Gasteiger partial charge on any atom is -0.493 e. The van der Waals surface area contributed by atoms with Gasteiger partial charge in [0.05, 0.1) is 6.61 Å². The van der Waals surface area contributed by atoms with Crippen LogP contribution < -0.4 is 9.47 Å². The van der Waals surface area contributed by atoms with Crippen LogP contribution in [0.1, 0.15) is 12.0 Å². The van der Waals surface area contributed by atoms with Gasteiger partial charge in [0.15, 0.2) is 0 Å². The fraction of sp³-hybridized carbons (Fsp3) is 0.176. The van der Waals surface area contributed by atoms with E-state index in [1.54, 1.807) is 0 Å². The average Bonchev–Trinajstić information content (AvgIpc) is 2.48. The molecule has 0 aliphatic heterocycles. The van der Waals surface area contributed by atoms with Crippen LogP contribution in [-0.4, -0.2) is 6.61 Å². The van der Waals surface area contributed by atoms with Crippen LogP contribution in [-0.2, 0) is 6.61 Å². The molecule has 0 N–H and O–H groups in total. The molecule has 2 aromatic rings. The molecule has 0 spiro atoms. The number of rotatable bonds is 7. The summed E-state index contributed by atoms with van der Waals surface area (Å²) in [6.45, 7) is 4.90. The number of hydrogen-bond acceptors (Lipinski definition) is 2. The quantitative estimate of drug-likeness (QED) is 0.544. The third-order valence-corrected chi connectivity index (χ3v) is 2.66. The van der Waals surface area contributed by atoms with Gasteiger partial charge in [-0.25, -0.2) is 0 Å². The first-order chi connectivity index (χ1) is 9.38. The van der Waals surface area contributed by atoms with E-state index in [1.807, 2.05) is 60.7 Å². The Balaban J connectivity index is 1.83. The number of ether oxygens (including phenoxy) is 2. The highest BCUT2D eigenvalue weighted by Gasteiger charge is 1.97. The first kappa shape index (κ1) is 13.2. The summed E-state index contributed by atoms with van der Waals surface area (Å²) in [6.07, 6.45) is 2.70. The van der Waals surface area contributed by atoms with E-state index in [9.17, 15) is 0 Å². The highest BCUT2D eigenvalue weighted by molar-refractivity contribution is 5.31. The van der Waals surface area contributed by atoms with Crippen LogP contribution in [0.5, 0.6) is 11.5 Å². The van der Waals surface area contributed by atoms with Gasteiger partial charge < -0.3 is 9.47 Å². The lowest BCUT2D eigenvalue weighted by atomic mass is 10.2. The molecular weight excluding hydrogens is 236 g/mol. The Morgan fingerprint density at radius 2 is 1.47 bits per heavy atom. The van der Waals surface area contributed by atoms with Crippen molar-refractivity contribution < 1.29 is 9.47 Å². The Morgan fingerprint density at radius 1 is 0.842 bits per heavy atom. The molecule has 0 atom stereocenters. The van der Waals surface area contributed by atoms with Crippen molar-refractivity contribution in [1.29, 1.82) is 0 Å². The van der Waals surface area contributed by atoms with Gasteiger partial charge in [0.1, 0.15) is 18.1 Å². The van der Waals surface area contributed by atoms with Crippen LogP contribution >= 0.6 is 0 Å². The summed E-state index contributed by atoms with van der Waals surface area (Å²) in [5, 5.41) is 0. The van der Waals surface area contributed by atoms with Crippen LogP contribution in [0.4, 0.5) is 0 Å². The second-order valence-electron chi connectivity index (χ2n) is 4.17. The number of benzene rings is 2. The molecule has 0 aliphatic rings. The molecule has 0 saturated heterocycles. The fourth-order valence-corrected chi connectivity index (χ4v) is 1.63. The maximum absolute atomic E-state index is 5.70. The SMILES string of the molecule is C=CCCOc1ccc(OCc2ccccc2)cc1. The Labute approximate surface area is 114 Å². The molecule has 0 amide bonds. The standard InChI is InChI=1S/C17H18O2/c1-2-3-13-18-16-9-11-17(12-10-16)19-14-15-7-5-4-6-8-15/h2,4-12H,1,3,13-14H2. The zero-order valence-electron chi connectivity index (χ0n) is 10.9. The Hall–Kier alpha value is -2.22. The molecule has 19 heavy (non-hydrogen) atoms. The van der Waals surface area contributed by atoms with Crippen molar-refractivity contribution in [1.82, 2.24) is 0 Å². The van der Waals surface area contributed by atoms with Crippen LogP contribution in [0.15, 0.2) is 67.3 Å². The van der Waals surface area contributed by atoms with Gasteiger partial charge in [0.2, 0.25) is 0 Å². The second-order valence-corrected chi connectivity index (χ2v) is 4.17. The molecule has 2 rings (SSSR count). The lowest BCUT2D eigenvalue weighted by Crippen LogP contribution is -1.97. The van der Waals surface area contributed by atoms with Gasteiger partial charge >= 0.3 is 0 Å². The first-order valence-electron chi connectivity index (χ1n) is 6.39. The Bertz CT molecular complexity index is 488. The predicted molar refractivity (Wildman–Crippen MR) is 77.5 cm³/mol. The van der Waals surface area contributed by atoms with E-state index in [0.717, 1.165) is 23.5 Å². The van der Waals surface area contributed by atoms with Crippen molar-refractivity contribution in [3.63, 3.8) is 0 Å². The monoisotopic (exact) mass is 254 g/mol. The van der Waals surface area contributed by atoms with Crippen molar-refractivity contribution in [2.45, 2.75) is 13.0 Å². The van der Waals surface area contributed by atoms with Gasteiger partial charge in [-0.3, -0.25) is 0 Å². The van der Waals surface area contributed by atoms with Crippen LogP contribution in [0.25, 0.3) is 0 Å². The predicted octanol–water partition coefficient (Wildman–Crippen LogP) is 4.22. The van der Waals surface area contributed by atoms with Gasteiger partial charge in [-0.2, -0.15) is 0 Å². The minimum absolute atomic E-state index is 0.581. The van der Waals surface area contributed by atoms with Crippen molar-refractivity contribution in [3.05, 3.63) is 72.8 Å². The summed E-state index contributed by atoms with van der Waals surface area (Å²) < 4.78 is 11.2. The molecule has 0 saturated carbocycles. The minimum atomic E-state index is 0.581. The van der Waals surface area contributed by atoms with E-state index >= 15 is 0 Å². The summed E-state index contributed by atoms with van der Waals surface area (Å²) in [7, 11) is 0. The van der Waals surface area contributed by atoms with Gasteiger partial charge in [-0.15, -0.1) is 6.58 Å². The summed E-state index contributed by atoms with van der Waals surface area (Å²) in [4.78, 5) is 0. The average molecular weight is 254 g/mol. The van der Waals surface area contributed by atoms with Crippen molar-refractivity contribution in [2.24, 2.45) is 0 Å². The summed E-state index contributed by atoms with van der Waals surface area (Å²) in [5.41, 5.74) is 1.16. The van der Waals surface area contributed by atoms with E-state index in [0.29, 0.717) is 13.2 Å². The maximum atomic E-state index is 5.70. The van der Waals surface area contributed by atoms with Crippen LogP contribution in [0.3, 0.4) is 0 Å². The van der Waals surface area contributed by atoms with E-state index in [-0.39, 0.29) is 0 Å². The molecule has 2 aromatic carbocycles. The highest BCUT2D eigenvalue weighted by Crippen LogP contribution is 2.18. The molecule has 98 valence electrons. The Kier molecular flexibility index (Phi) is 5.06. The Morgan fingerprint density at radius 3 is 2.11 bits per heavy atom. The molecule has 0 heterocycles. The van der Waals surface area contributed by atoms with Crippen molar-refractivity contribution >= 4 is 0 Å². The second kappa shape index (κ2) is 7.27. The van der Waals surface area contributed by atoms with Gasteiger partial charge in [0.25, 0.3) is 0 Å². The molecule has 0 radical (unpaired) electrons.